The molecule has 1 aromatic rings. The average Bonchev–Trinajstić information content (AvgIpc) is 3.20. The highest BCUT2D eigenvalue weighted by molar-refractivity contribution is 5.85. The number of esters is 2. The van der Waals surface area contributed by atoms with Gasteiger partial charge >= 0.3 is 11.9 Å². The molecule has 1 aromatic carbocycles. The lowest BCUT2D eigenvalue weighted by atomic mass is 9.37. The fourth-order valence-corrected chi connectivity index (χ4v) is 9.40. The van der Waals surface area contributed by atoms with Crippen molar-refractivity contribution in [3.63, 3.8) is 0 Å². The number of aryl methyl sites for hydroxylation is 1. The van der Waals surface area contributed by atoms with Gasteiger partial charge in [-0.05, 0) is 73.8 Å². The zero-order valence-corrected chi connectivity index (χ0v) is 23.7. The van der Waals surface area contributed by atoms with Crippen LogP contribution in [0.5, 0.6) is 17.2 Å². The van der Waals surface area contributed by atoms with Crippen molar-refractivity contribution in [2.75, 3.05) is 0 Å². The first kappa shape index (κ1) is 26.2. The van der Waals surface area contributed by atoms with Gasteiger partial charge in [0.25, 0.3) is 0 Å². The van der Waals surface area contributed by atoms with Crippen LogP contribution in [-0.2, 0) is 20.8 Å². The third-order valence-electron chi connectivity index (χ3n) is 11.1. The molecule has 5 rings (SSSR count). The summed E-state index contributed by atoms with van der Waals surface area (Å²) in [4.78, 5) is 37.0. The molecule has 0 amide bonds. The molecule has 202 valence electrons. The van der Waals surface area contributed by atoms with E-state index in [1.807, 2.05) is 6.92 Å². The number of ether oxygens (including phenoxy) is 3. The summed E-state index contributed by atoms with van der Waals surface area (Å²) in [5.41, 5.74) is 0.876. The van der Waals surface area contributed by atoms with Crippen LogP contribution in [0.4, 0.5) is 0 Å². The molecule has 6 nitrogen and oxygen atoms in total. The van der Waals surface area contributed by atoms with Gasteiger partial charge in [-0.3, -0.25) is 14.4 Å². The quantitative estimate of drug-likeness (QED) is 0.339. The van der Waals surface area contributed by atoms with E-state index >= 15 is 0 Å². The number of hydrogen-bond acceptors (Lipinski definition) is 6. The molecule has 0 radical (unpaired) electrons. The molecule has 4 aliphatic rings. The zero-order valence-electron chi connectivity index (χ0n) is 23.7. The lowest BCUT2D eigenvalue weighted by Gasteiger charge is -2.68. The Labute approximate surface area is 220 Å². The number of carbonyl (C=O) groups is 3. The van der Waals surface area contributed by atoms with E-state index in [9.17, 15) is 14.4 Å². The van der Waals surface area contributed by atoms with Gasteiger partial charge in [-0.1, -0.05) is 34.6 Å². The molecule has 6 unspecified atom stereocenters. The van der Waals surface area contributed by atoms with Crippen LogP contribution in [0.3, 0.4) is 0 Å². The maximum Gasteiger partial charge on any atom is 0.308 e. The molecule has 37 heavy (non-hydrogen) atoms. The van der Waals surface area contributed by atoms with Gasteiger partial charge in [0, 0.05) is 43.1 Å². The Morgan fingerprint density at radius 2 is 1.65 bits per heavy atom. The first-order valence-electron chi connectivity index (χ1n) is 13.9. The van der Waals surface area contributed by atoms with Crippen LogP contribution < -0.4 is 14.2 Å². The van der Waals surface area contributed by atoms with Gasteiger partial charge in [0.15, 0.2) is 11.5 Å². The highest BCUT2D eigenvalue weighted by atomic mass is 16.6. The Morgan fingerprint density at radius 1 is 0.973 bits per heavy atom. The van der Waals surface area contributed by atoms with E-state index < -0.39 is 17.5 Å². The number of ketones is 1. The Bertz CT molecular complexity index is 1180. The maximum absolute atomic E-state index is 13.0. The van der Waals surface area contributed by atoms with Crippen LogP contribution >= 0.6 is 0 Å². The lowest BCUT2D eigenvalue weighted by Crippen LogP contribution is -2.68. The molecule has 1 aliphatic heterocycles. The largest absolute Gasteiger partial charge is 0.485 e. The van der Waals surface area contributed by atoms with E-state index in [4.69, 9.17) is 14.2 Å². The Kier molecular flexibility index (Phi) is 5.90. The molecule has 3 fully saturated rings. The second-order valence-electron chi connectivity index (χ2n) is 13.4. The molecule has 3 aliphatic carbocycles. The third-order valence-corrected chi connectivity index (χ3v) is 11.1. The average molecular weight is 511 g/mol. The predicted molar refractivity (Wildman–Crippen MR) is 140 cm³/mol. The number of fused-ring (bicyclic) bond motifs is 5. The third kappa shape index (κ3) is 3.53. The molecule has 6 atom stereocenters. The Balaban J connectivity index is 1.62. The van der Waals surface area contributed by atoms with Gasteiger partial charge in [-0.2, -0.15) is 0 Å². The van der Waals surface area contributed by atoms with Crippen LogP contribution in [0.2, 0.25) is 0 Å². The van der Waals surface area contributed by atoms with Crippen molar-refractivity contribution < 1.29 is 28.6 Å². The van der Waals surface area contributed by atoms with Crippen LogP contribution in [0.15, 0.2) is 6.07 Å². The van der Waals surface area contributed by atoms with Gasteiger partial charge in [-0.15, -0.1) is 0 Å². The number of hydrogen-bond donors (Lipinski definition) is 0. The summed E-state index contributed by atoms with van der Waals surface area (Å²) < 4.78 is 18.3. The number of carbonyl (C=O) groups excluding carboxylic acids is 3. The molecular weight excluding hydrogens is 468 g/mol. The molecule has 3 saturated carbocycles. The van der Waals surface area contributed by atoms with Crippen LogP contribution in [-0.4, -0.2) is 23.3 Å². The fraction of sp³-hybridized carbons (Fsp3) is 0.710. The summed E-state index contributed by atoms with van der Waals surface area (Å²) in [6, 6.07) is 1.75. The van der Waals surface area contributed by atoms with E-state index in [-0.39, 0.29) is 22.0 Å². The number of Topliss-reactive ketones (excluding diaryl/α,β-unsaturated/α-hetero) is 1. The van der Waals surface area contributed by atoms with Crippen molar-refractivity contribution in [3.8, 4) is 17.2 Å². The van der Waals surface area contributed by atoms with E-state index in [2.05, 4.69) is 34.6 Å². The smallest absolute Gasteiger partial charge is 0.308 e. The van der Waals surface area contributed by atoms with Crippen molar-refractivity contribution in [1.29, 1.82) is 0 Å². The second kappa shape index (κ2) is 8.31. The molecular formula is C31H42O6. The minimum Gasteiger partial charge on any atom is -0.485 e. The van der Waals surface area contributed by atoms with Crippen molar-refractivity contribution in [1.82, 2.24) is 0 Å². The summed E-state index contributed by atoms with van der Waals surface area (Å²) in [7, 11) is 0. The molecule has 1 heterocycles. The lowest BCUT2D eigenvalue weighted by molar-refractivity contribution is -0.222. The Morgan fingerprint density at radius 3 is 2.30 bits per heavy atom. The maximum atomic E-state index is 13.0. The van der Waals surface area contributed by atoms with E-state index in [1.165, 1.54) is 13.8 Å². The highest BCUT2D eigenvalue weighted by Gasteiger charge is 2.70. The van der Waals surface area contributed by atoms with Gasteiger partial charge in [-0.25, -0.2) is 0 Å². The summed E-state index contributed by atoms with van der Waals surface area (Å²) in [5.74, 6) is 1.90. The summed E-state index contributed by atoms with van der Waals surface area (Å²) in [6.45, 7) is 16.1. The first-order chi connectivity index (χ1) is 17.2. The fourth-order valence-electron chi connectivity index (χ4n) is 9.40. The number of rotatable bonds is 2. The van der Waals surface area contributed by atoms with Crippen molar-refractivity contribution in [3.05, 3.63) is 17.2 Å². The van der Waals surface area contributed by atoms with Crippen molar-refractivity contribution in [2.24, 2.45) is 34.0 Å². The Hall–Kier alpha value is -2.37. The van der Waals surface area contributed by atoms with E-state index in [0.29, 0.717) is 42.1 Å². The van der Waals surface area contributed by atoms with Crippen LogP contribution in [0.1, 0.15) is 98.1 Å². The molecule has 0 N–H and O–H groups in total. The van der Waals surface area contributed by atoms with Gasteiger partial charge in [0.05, 0.1) is 0 Å². The topological polar surface area (TPSA) is 78.9 Å². The summed E-state index contributed by atoms with van der Waals surface area (Å²) in [6.07, 6.45) is 6.37. The predicted octanol–water partition coefficient (Wildman–Crippen LogP) is 6.38. The normalized spacial score (nSPS) is 37.7. The monoisotopic (exact) mass is 510 g/mol. The van der Waals surface area contributed by atoms with E-state index in [1.54, 1.807) is 6.07 Å². The van der Waals surface area contributed by atoms with Gasteiger partial charge in [0.2, 0.25) is 0 Å². The minimum atomic E-state index is -0.466. The minimum absolute atomic E-state index is 0.0619. The molecule has 0 aromatic heterocycles. The van der Waals surface area contributed by atoms with Crippen LogP contribution in [0.25, 0.3) is 0 Å². The van der Waals surface area contributed by atoms with Gasteiger partial charge in [0.1, 0.15) is 17.1 Å². The second-order valence-corrected chi connectivity index (χ2v) is 13.4. The number of benzene rings is 1. The SMILES string of the molecule is CC(=O)Oc1cc(C)c2c(c1OC(C)=O)CC1(O2)C(C)CCC2C3(C)CCC(=O)C(C)(C)C3CCC21C. The summed E-state index contributed by atoms with van der Waals surface area (Å²) >= 11 is 0. The standard InChI is InChI=1S/C31H42O6/c1-17-15-22(35-19(3)32)27(36-20(4)33)21-16-31(37-26(17)21)18(2)9-10-24-29(7)13-12-25(34)28(5,6)23(29)11-14-30(24,31)8/h15,18,23-24H,9-14,16H2,1-8H3. The van der Waals surface area contributed by atoms with E-state index in [0.717, 1.165) is 49.0 Å². The molecule has 0 bridgehead atoms. The van der Waals surface area contributed by atoms with Crippen molar-refractivity contribution in [2.45, 2.75) is 106 Å². The first-order valence-corrected chi connectivity index (χ1v) is 13.9. The highest BCUT2D eigenvalue weighted by Crippen LogP contribution is 2.72. The zero-order chi connectivity index (χ0) is 27.1. The van der Waals surface area contributed by atoms with Crippen LogP contribution in [0, 0.1) is 40.9 Å². The molecule has 1 spiro atoms. The molecule has 6 heteroatoms. The van der Waals surface area contributed by atoms with Crippen molar-refractivity contribution >= 4 is 17.7 Å². The summed E-state index contributed by atoms with van der Waals surface area (Å²) in [5, 5.41) is 0. The molecule has 0 saturated heterocycles. The van der Waals surface area contributed by atoms with Gasteiger partial charge < -0.3 is 14.2 Å².